The standard InChI is InChI=1S/C16H24N2O3/c1-15(2)10-12(11-16(3,4)18(15)20)17-14(19)21-13-8-6-5-7-9-13/h5-9,12,20H,10-11H2,1-4H3,(H,17,19). The summed E-state index contributed by atoms with van der Waals surface area (Å²) in [5.41, 5.74) is -0.793. The molecular formula is C16H24N2O3. The Kier molecular flexibility index (Phi) is 4.25. The van der Waals surface area contributed by atoms with Crippen molar-refractivity contribution >= 4 is 6.09 Å². The number of nitrogens with one attached hydrogen (secondary N) is 1. The molecule has 0 unspecified atom stereocenters. The molecule has 1 amide bonds. The van der Waals surface area contributed by atoms with Crippen LogP contribution in [0.4, 0.5) is 4.79 Å². The molecule has 0 saturated carbocycles. The Morgan fingerprint density at radius 2 is 1.71 bits per heavy atom. The number of amides is 1. The van der Waals surface area contributed by atoms with Crippen molar-refractivity contribution in [3.8, 4) is 5.75 Å². The first-order valence-electron chi connectivity index (χ1n) is 7.23. The summed E-state index contributed by atoms with van der Waals surface area (Å²) in [5.74, 6) is 0.521. The Bertz CT molecular complexity index is 482. The number of carbonyl (C=O) groups is 1. The minimum Gasteiger partial charge on any atom is -0.410 e. The molecule has 116 valence electrons. The summed E-state index contributed by atoms with van der Waals surface area (Å²) in [7, 11) is 0. The molecule has 5 nitrogen and oxygen atoms in total. The molecular weight excluding hydrogens is 268 g/mol. The maximum Gasteiger partial charge on any atom is 0.412 e. The van der Waals surface area contributed by atoms with Crippen LogP contribution in [0.15, 0.2) is 30.3 Å². The van der Waals surface area contributed by atoms with Gasteiger partial charge in [-0.25, -0.2) is 4.79 Å². The second-order valence-electron chi connectivity index (χ2n) is 6.89. The van der Waals surface area contributed by atoms with Crippen molar-refractivity contribution in [2.24, 2.45) is 0 Å². The van der Waals surface area contributed by atoms with Gasteiger partial charge in [0.25, 0.3) is 0 Å². The molecule has 1 heterocycles. The molecule has 5 heteroatoms. The highest BCUT2D eigenvalue weighted by molar-refractivity contribution is 5.70. The van der Waals surface area contributed by atoms with E-state index in [4.69, 9.17) is 4.74 Å². The van der Waals surface area contributed by atoms with Crippen LogP contribution in [0.5, 0.6) is 5.75 Å². The summed E-state index contributed by atoms with van der Waals surface area (Å²) in [6, 6.07) is 8.95. The number of hydroxylamine groups is 2. The van der Waals surface area contributed by atoms with Gasteiger partial charge in [0.2, 0.25) is 0 Å². The summed E-state index contributed by atoms with van der Waals surface area (Å²) in [6.07, 6.45) is 0.873. The maximum absolute atomic E-state index is 12.0. The number of piperidine rings is 1. The summed E-state index contributed by atoms with van der Waals surface area (Å²) in [5, 5.41) is 14.5. The monoisotopic (exact) mass is 292 g/mol. The van der Waals surface area contributed by atoms with Gasteiger partial charge in [0.1, 0.15) is 5.75 Å². The highest BCUT2D eigenvalue weighted by Crippen LogP contribution is 2.36. The van der Waals surface area contributed by atoms with Crippen molar-refractivity contribution in [3.05, 3.63) is 30.3 Å². The fraction of sp³-hybridized carbons (Fsp3) is 0.562. The molecule has 1 saturated heterocycles. The number of para-hydroxylation sites is 1. The quantitative estimate of drug-likeness (QED) is 0.879. The van der Waals surface area contributed by atoms with Crippen LogP contribution < -0.4 is 10.1 Å². The molecule has 1 aliphatic heterocycles. The van der Waals surface area contributed by atoms with E-state index in [9.17, 15) is 10.0 Å². The van der Waals surface area contributed by atoms with Gasteiger partial charge in [0.05, 0.1) is 0 Å². The molecule has 2 rings (SSSR count). The number of benzene rings is 1. The first kappa shape index (κ1) is 15.8. The van der Waals surface area contributed by atoms with E-state index in [-0.39, 0.29) is 6.04 Å². The predicted octanol–water partition coefficient (Wildman–Crippen LogP) is 3.19. The Morgan fingerprint density at radius 1 is 1.19 bits per heavy atom. The highest BCUT2D eigenvalue weighted by atomic mass is 16.6. The van der Waals surface area contributed by atoms with E-state index in [0.717, 1.165) is 0 Å². The largest absolute Gasteiger partial charge is 0.412 e. The second-order valence-corrected chi connectivity index (χ2v) is 6.89. The molecule has 0 spiro atoms. The third-order valence-corrected chi connectivity index (χ3v) is 3.91. The topological polar surface area (TPSA) is 61.8 Å². The molecule has 0 atom stereocenters. The lowest BCUT2D eigenvalue weighted by atomic mass is 9.79. The first-order valence-corrected chi connectivity index (χ1v) is 7.23. The lowest BCUT2D eigenvalue weighted by Crippen LogP contribution is -2.63. The van der Waals surface area contributed by atoms with Gasteiger partial charge in [-0.2, -0.15) is 5.06 Å². The summed E-state index contributed by atoms with van der Waals surface area (Å²) in [4.78, 5) is 12.0. The fourth-order valence-corrected chi connectivity index (χ4v) is 3.16. The average molecular weight is 292 g/mol. The third-order valence-electron chi connectivity index (χ3n) is 3.91. The minimum atomic E-state index is -0.454. The molecule has 0 bridgehead atoms. The molecule has 21 heavy (non-hydrogen) atoms. The van der Waals surface area contributed by atoms with Gasteiger partial charge in [-0.15, -0.1) is 0 Å². The highest BCUT2D eigenvalue weighted by Gasteiger charge is 2.45. The zero-order chi connectivity index (χ0) is 15.7. The molecule has 0 aromatic heterocycles. The lowest BCUT2D eigenvalue weighted by molar-refractivity contribution is -0.245. The van der Waals surface area contributed by atoms with Crippen molar-refractivity contribution in [2.45, 2.75) is 57.7 Å². The van der Waals surface area contributed by atoms with Gasteiger partial charge < -0.3 is 15.3 Å². The first-order chi connectivity index (χ1) is 9.71. The van der Waals surface area contributed by atoms with Crippen LogP contribution in [0.25, 0.3) is 0 Å². The van der Waals surface area contributed by atoms with Gasteiger partial charge in [0.15, 0.2) is 0 Å². The molecule has 1 aromatic carbocycles. The molecule has 2 N–H and O–H groups in total. The molecule has 1 aromatic rings. The fourth-order valence-electron chi connectivity index (χ4n) is 3.16. The van der Waals surface area contributed by atoms with Gasteiger partial charge in [0, 0.05) is 17.1 Å². The van der Waals surface area contributed by atoms with Crippen LogP contribution in [0.1, 0.15) is 40.5 Å². The van der Waals surface area contributed by atoms with E-state index >= 15 is 0 Å². The Morgan fingerprint density at radius 3 is 2.24 bits per heavy atom. The van der Waals surface area contributed by atoms with E-state index in [2.05, 4.69) is 5.32 Å². The molecule has 1 aliphatic rings. The van der Waals surface area contributed by atoms with Crippen molar-refractivity contribution in [1.82, 2.24) is 10.4 Å². The van der Waals surface area contributed by atoms with Gasteiger partial charge in [-0.1, -0.05) is 18.2 Å². The maximum atomic E-state index is 12.0. The number of carbonyl (C=O) groups excluding carboxylic acids is 1. The molecule has 0 radical (unpaired) electrons. The Labute approximate surface area is 125 Å². The van der Waals surface area contributed by atoms with Crippen molar-refractivity contribution in [1.29, 1.82) is 0 Å². The average Bonchev–Trinajstić information content (AvgIpc) is 2.36. The number of hydrogen-bond donors (Lipinski definition) is 2. The Hall–Kier alpha value is -1.59. The summed E-state index contributed by atoms with van der Waals surface area (Å²) >= 11 is 0. The normalized spacial score (nSPS) is 21.8. The molecule has 0 aliphatic carbocycles. The summed E-state index contributed by atoms with van der Waals surface area (Å²) in [6.45, 7) is 7.85. The smallest absolute Gasteiger partial charge is 0.410 e. The van der Waals surface area contributed by atoms with Crippen LogP contribution in [-0.4, -0.2) is 33.5 Å². The number of hydrogen-bond acceptors (Lipinski definition) is 4. The SMILES string of the molecule is CC1(C)CC(NC(=O)Oc2ccccc2)CC(C)(C)N1O. The van der Waals surface area contributed by atoms with Crippen LogP contribution >= 0.6 is 0 Å². The predicted molar refractivity (Wildman–Crippen MR) is 80.4 cm³/mol. The third kappa shape index (κ3) is 3.74. The number of ether oxygens (including phenoxy) is 1. The van der Waals surface area contributed by atoms with E-state index in [1.165, 1.54) is 5.06 Å². The van der Waals surface area contributed by atoms with E-state index in [1.54, 1.807) is 12.1 Å². The number of nitrogens with zero attached hydrogens (tertiary/aromatic N) is 1. The van der Waals surface area contributed by atoms with Gasteiger partial charge in [-0.05, 0) is 52.7 Å². The van der Waals surface area contributed by atoms with Gasteiger partial charge in [-0.3, -0.25) is 0 Å². The van der Waals surface area contributed by atoms with Crippen molar-refractivity contribution < 1.29 is 14.7 Å². The minimum absolute atomic E-state index is 0.0328. The van der Waals surface area contributed by atoms with Gasteiger partial charge >= 0.3 is 6.09 Å². The van der Waals surface area contributed by atoms with E-state index < -0.39 is 17.2 Å². The van der Waals surface area contributed by atoms with Crippen molar-refractivity contribution in [3.63, 3.8) is 0 Å². The summed E-state index contributed by atoms with van der Waals surface area (Å²) < 4.78 is 5.25. The number of rotatable bonds is 2. The second kappa shape index (κ2) is 5.66. The lowest BCUT2D eigenvalue weighted by Gasteiger charge is -2.51. The zero-order valence-electron chi connectivity index (χ0n) is 13.1. The van der Waals surface area contributed by atoms with Crippen LogP contribution in [0.3, 0.4) is 0 Å². The Balaban J connectivity index is 1.98. The van der Waals surface area contributed by atoms with E-state index in [1.807, 2.05) is 45.9 Å². The van der Waals surface area contributed by atoms with Crippen LogP contribution in [-0.2, 0) is 0 Å². The van der Waals surface area contributed by atoms with Crippen LogP contribution in [0.2, 0.25) is 0 Å². The zero-order valence-corrected chi connectivity index (χ0v) is 13.1. The van der Waals surface area contributed by atoms with Crippen molar-refractivity contribution in [2.75, 3.05) is 0 Å². The molecule has 1 fully saturated rings. The van der Waals surface area contributed by atoms with E-state index in [0.29, 0.717) is 18.6 Å². The van der Waals surface area contributed by atoms with Crippen LogP contribution in [0, 0.1) is 0 Å².